The Kier molecular flexibility index (Phi) is 9.60. The molecule has 10 N–H and O–H groups in total. The van der Waals surface area contributed by atoms with Gasteiger partial charge >= 0.3 is 5.97 Å². The minimum absolute atomic E-state index is 0.226. The molecule has 1 saturated heterocycles. The molecule has 1 aromatic carbocycles. The van der Waals surface area contributed by atoms with Gasteiger partial charge in [0.25, 0.3) is 0 Å². The molecule has 39 heavy (non-hydrogen) atoms. The van der Waals surface area contributed by atoms with Crippen LogP contribution in [0.3, 0.4) is 0 Å². The van der Waals surface area contributed by atoms with E-state index in [1.54, 1.807) is 6.20 Å². The Morgan fingerprint density at radius 1 is 1.05 bits per heavy atom. The van der Waals surface area contributed by atoms with E-state index in [0.717, 1.165) is 16.5 Å². The molecule has 3 rings (SSSR count). The molecule has 1 aromatic heterocycles. The highest BCUT2D eigenvalue weighted by Crippen LogP contribution is 2.22. The summed E-state index contributed by atoms with van der Waals surface area (Å²) in [4.78, 5) is 77.7. The van der Waals surface area contributed by atoms with Gasteiger partial charge in [-0.2, -0.15) is 0 Å². The van der Waals surface area contributed by atoms with Gasteiger partial charge in [0.2, 0.25) is 29.5 Å². The number of rotatable bonds is 13. The van der Waals surface area contributed by atoms with E-state index < -0.39 is 66.1 Å². The number of amides is 5. The zero-order valence-electron chi connectivity index (χ0n) is 21.2. The molecule has 2 heterocycles. The van der Waals surface area contributed by atoms with Crippen molar-refractivity contribution < 1.29 is 33.9 Å². The van der Waals surface area contributed by atoms with Gasteiger partial charge in [-0.15, -0.1) is 0 Å². The van der Waals surface area contributed by atoms with Crippen LogP contribution in [-0.4, -0.2) is 81.2 Å². The first-order valence-electron chi connectivity index (χ1n) is 12.5. The smallest absolute Gasteiger partial charge is 0.326 e. The lowest BCUT2D eigenvalue weighted by Crippen LogP contribution is -2.57. The monoisotopic (exact) mass is 543 g/mol. The average molecular weight is 544 g/mol. The van der Waals surface area contributed by atoms with Crippen molar-refractivity contribution >= 4 is 46.4 Å². The molecule has 0 radical (unpaired) electrons. The first-order chi connectivity index (χ1) is 18.5. The first kappa shape index (κ1) is 29.1. The highest BCUT2D eigenvalue weighted by atomic mass is 16.4. The number of hydrogen-bond donors (Lipinski definition) is 7. The third-order valence-corrected chi connectivity index (χ3v) is 6.60. The summed E-state index contributed by atoms with van der Waals surface area (Å²) in [6.07, 6.45) is 1.70. The molecule has 0 saturated carbocycles. The molecule has 0 bridgehead atoms. The number of aliphatic carboxylic acids is 1. The second kappa shape index (κ2) is 12.9. The molecule has 0 aliphatic carbocycles. The number of likely N-dealkylation sites (tertiary alicyclic amines) is 1. The van der Waals surface area contributed by atoms with Gasteiger partial charge in [0.1, 0.15) is 18.1 Å². The number of nitrogens with two attached hydrogens (primary N) is 3. The largest absolute Gasteiger partial charge is 0.480 e. The van der Waals surface area contributed by atoms with Gasteiger partial charge < -0.3 is 42.8 Å². The maximum atomic E-state index is 13.2. The lowest BCUT2D eigenvalue weighted by molar-refractivity contribution is -0.144. The Bertz CT molecular complexity index is 1260. The van der Waals surface area contributed by atoms with E-state index in [-0.39, 0.29) is 25.8 Å². The summed E-state index contributed by atoms with van der Waals surface area (Å²) in [5, 5.41) is 14.9. The molecule has 4 unspecified atom stereocenters. The second-order valence-corrected chi connectivity index (χ2v) is 9.50. The summed E-state index contributed by atoms with van der Waals surface area (Å²) in [7, 11) is 0. The van der Waals surface area contributed by atoms with Crippen LogP contribution in [-0.2, 0) is 35.2 Å². The van der Waals surface area contributed by atoms with Crippen molar-refractivity contribution in [3.05, 3.63) is 36.0 Å². The van der Waals surface area contributed by atoms with E-state index in [9.17, 15) is 33.9 Å². The molecule has 14 heteroatoms. The molecule has 14 nitrogen and oxygen atoms in total. The number of benzene rings is 1. The number of H-pyrrole nitrogens is 1. The van der Waals surface area contributed by atoms with Crippen LogP contribution in [0.15, 0.2) is 30.5 Å². The summed E-state index contributed by atoms with van der Waals surface area (Å²) < 4.78 is 0. The third kappa shape index (κ3) is 7.54. The topological polar surface area (TPSA) is 244 Å². The van der Waals surface area contributed by atoms with Gasteiger partial charge in [-0.3, -0.25) is 24.0 Å². The average Bonchev–Trinajstić information content (AvgIpc) is 3.53. The van der Waals surface area contributed by atoms with E-state index >= 15 is 0 Å². The number of para-hydroxylation sites is 1. The van der Waals surface area contributed by atoms with Gasteiger partial charge in [0.05, 0.1) is 12.5 Å². The summed E-state index contributed by atoms with van der Waals surface area (Å²) in [5.41, 5.74) is 18.3. The zero-order valence-corrected chi connectivity index (χ0v) is 21.2. The number of hydrogen-bond acceptors (Lipinski definition) is 7. The summed E-state index contributed by atoms with van der Waals surface area (Å²) in [5.74, 6) is -5.22. The van der Waals surface area contributed by atoms with Crippen molar-refractivity contribution in [1.29, 1.82) is 0 Å². The lowest BCUT2D eigenvalue weighted by Gasteiger charge is -2.28. The number of nitrogens with zero attached hydrogens (tertiary/aromatic N) is 1. The minimum atomic E-state index is -1.63. The van der Waals surface area contributed by atoms with Crippen LogP contribution in [0, 0.1) is 0 Å². The van der Waals surface area contributed by atoms with E-state index in [4.69, 9.17) is 17.2 Å². The van der Waals surface area contributed by atoms with E-state index in [1.807, 2.05) is 24.3 Å². The Labute approximate surface area is 223 Å². The standard InChI is InChI=1S/C25H33N7O7/c26-15(10-13-12-29-16-5-2-1-4-14(13)16)24(37)32-9-3-6-19(32)23(36)30-17(7-8-20(27)33)22(35)31-18(25(38)39)11-21(28)34/h1-2,4-5,12,15,17-19,29H,3,6-11,26H2,(H2,27,33)(H2,28,34)(H,30,36)(H,31,35)(H,38,39). The fourth-order valence-corrected chi connectivity index (χ4v) is 4.64. The number of primary amides is 2. The first-order valence-corrected chi connectivity index (χ1v) is 12.5. The third-order valence-electron chi connectivity index (χ3n) is 6.60. The van der Waals surface area contributed by atoms with Crippen LogP contribution >= 0.6 is 0 Å². The summed E-state index contributed by atoms with van der Waals surface area (Å²) in [6, 6.07) is 2.77. The van der Waals surface area contributed by atoms with Crippen molar-refractivity contribution in [2.24, 2.45) is 17.2 Å². The van der Waals surface area contributed by atoms with Crippen molar-refractivity contribution in [1.82, 2.24) is 20.5 Å². The van der Waals surface area contributed by atoms with Gasteiger partial charge in [-0.05, 0) is 37.3 Å². The number of carboxylic acids is 1. The molecular weight excluding hydrogens is 510 g/mol. The number of carbonyl (C=O) groups excluding carboxylic acids is 5. The predicted molar refractivity (Wildman–Crippen MR) is 138 cm³/mol. The molecule has 1 fully saturated rings. The summed E-state index contributed by atoms with van der Waals surface area (Å²) >= 11 is 0. The number of aromatic amines is 1. The summed E-state index contributed by atoms with van der Waals surface area (Å²) in [6.45, 7) is 0.288. The second-order valence-electron chi connectivity index (χ2n) is 9.50. The molecule has 210 valence electrons. The highest BCUT2D eigenvalue weighted by Gasteiger charge is 2.38. The molecule has 2 aromatic rings. The normalized spacial score (nSPS) is 17.3. The molecule has 5 amide bonds. The SMILES string of the molecule is NC(=O)CCC(NC(=O)C1CCCN1C(=O)C(N)Cc1c[nH]c2ccccc12)C(=O)NC(CC(N)=O)C(=O)O. The van der Waals surface area contributed by atoms with Crippen LogP contribution in [0.5, 0.6) is 0 Å². The van der Waals surface area contributed by atoms with Crippen LogP contribution in [0.2, 0.25) is 0 Å². The number of carbonyl (C=O) groups is 6. The van der Waals surface area contributed by atoms with Gasteiger partial charge in [-0.1, -0.05) is 18.2 Å². The van der Waals surface area contributed by atoms with E-state index in [2.05, 4.69) is 15.6 Å². The Hall–Kier alpha value is -4.46. The number of nitrogens with one attached hydrogen (secondary N) is 3. The van der Waals surface area contributed by atoms with Crippen molar-refractivity contribution in [3.8, 4) is 0 Å². The molecule has 1 aliphatic rings. The van der Waals surface area contributed by atoms with Crippen LogP contribution < -0.4 is 27.8 Å². The fourth-order valence-electron chi connectivity index (χ4n) is 4.64. The van der Waals surface area contributed by atoms with E-state index in [0.29, 0.717) is 12.8 Å². The molecule has 0 spiro atoms. The Morgan fingerprint density at radius 3 is 2.44 bits per heavy atom. The van der Waals surface area contributed by atoms with E-state index in [1.165, 1.54) is 4.90 Å². The predicted octanol–water partition coefficient (Wildman–Crippen LogP) is -1.78. The molecular formula is C25H33N7O7. The Morgan fingerprint density at radius 2 is 1.77 bits per heavy atom. The number of aromatic nitrogens is 1. The van der Waals surface area contributed by atoms with Gasteiger partial charge in [0.15, 0.2) is 0 Å². The van der Waals surface area contributed by atoms with Crippen molar-refractivity contribution in [2.75, 3.05) is 6.54 Å². The lowest BCUT2D eigenvalue weighted by atomic mass is 10.0. The maximum Gasteiger partial charge on any atom is 0.326 e. The Balaban J connectivity index is 1.69. The van der Waals surface area contributed by atoms with Gasteiger partial charge in [-0.25, -0.2) is 4.79 Å². The van der Waals surface area contributed by atoms with Crippen LogP contribution in [0.4, 0.5) is 0 Å². The van der Waals surface area contributed by atoms with Gasteiger partial charge in [0, 0.05) is 30.1 Å². The minimum Gasteiger partial charge on any atom is -0.480 e. The molecule has 4 atom stereocenters. The highest BCUT2D eigenvalue weighted by molar-refractivity contribution is 5.95. The van der Waals surface area contributed by atoms with Crippen LogP contribution in [0.25, 0.3) is 10.9 Å². The van der Waals surface area contributed by atoms with Crippen molar-refractivity contribution in [2.45, 2.75) is 62.7 Å². The maximum absolute atomic E-state index is 13.2. The van der Waals surface area contributed by atoms with Crippen molar-refractivity contribution in [3.63, 3.8) is 0 Å². The molecule has 1 aliphatic heterocycles. The quantitative estimate of drug-likeness (QED) is 0.152. The fraction of sp³-hybridized carbons (Fsp3) is 0.440. The zero-order chi connectivity index (χ0) is 28.7. The van der Waals surface area contributed by atoms with Crippen LogP contribution in [0.1, 0.15) is 37.7 Å². The number of carboxylic acid groups (broad SMARTS) is 1. The number of fused-ring (bicyclic) bond motifs is 1.